The first-order chi connectivity index (χ1) is 24.2. The van der Waals surface area contributed by atoms with Gasteiger partial charge in [0.25, 0.3) is 18.1 Å². The number of nitrogens with zero attached hydrogens (tertiary/aromatic N) is 3. The van der Waals surface area contributed by atoms with Gasteiger partial charge >= 0.3 is 5.97 Å². The quantitative estimate of drug-likeness (QED) is 0.210. The first-order valence-electron chi connectivity index (χ1n) is 16.0. The highest BCUT2D eigenvalue weighted by atomic mass is 32.1. The molecule has 5 aromatic rings. The maximum absolute atomic E-state index is 15.9. The number of carbonyl (C=O) groups excluding carboxylic acids is 2. The summed E-state index contributed by atoms with van der Waals surface area (Å²) in [7, 11) is 0. The number of carbonyl (C=O) groups is 2. The Kier molecular flexibility index (Phi) is 6.09. The second-order valence-electron chi connectivity index (χ2n) is 12.8. The molecule has 10 rings (SSSR count). The normalized spacial score (nSPS) is 22.1. The molecule has 1 saturated heterocycles. The van der Waals surface area contributed by atoms with Gasteiger partial charge in [-0.1, -0.05) is 48.5 Å². The number of amides is 1. The average Bonchev–Trinajstić information content (AvgIpc) is 3.64. The van der Waals surface area contributed by atoms with Crippen LogP contribution in [0, 0.1) is 5.82 Å². The van der Waals surface area contributed by atoms with Crippen molar-refractivity contribution in [3.63, 3.8) is 0 Å². The zero-order chi connectivity index (χ0) is 34.1. The van der Waals surface area contributed by atoms with Gasteiger partial charge in [0.05, 0.1) is 30.4 Å². The summed E-state index contributed by atoms with van der Waals surface area (Å²) < 4.78 is 66.6. The zero-order valence-corrected chi connectivity index (χ0v) is 26.7. The molecular formula is C37H24F3N3O6S. The fourth-order valence-corrected chi connectivity index (χ4v) is 9.23. The van der Waals surface area contributed by atoms with Crippen LogP contribution in [0.3, 0.4) is 0 Å². The molecule has 3 aromatic carbocycles. The average molecular weight is 696 g/mol. The molecule has 0 N–H and O–H groups in total. The van der Waals surface area contributed by atoms with E-state index >= 15 is 13.2 Å². The summed E-state index contributed by atoms with van der Waals surface area (Å²) in [6.07, 6.45) is -1.23. The number of hydrogen-bond donors (Lipinski definition) is 0. The first kappa shape index (κ1) is 29.5. The van der Waals surface area contributed by atoms with Gasteiger partial charge in [-0.15, -0.1) is 11.3 Å². The Bertz CT molecular complexity index is 2390. The van der Waals surface area contributed by atoms with E-state index in [-0.39, 0.29) is 42.3 Å². The standard InChI is InChI=1S/C37H24F3N3O6S/c38-24-10-9-23-28-27-18(15-37(39,40)29(24)28)17-50-33(27)20-6-2-1-5-19(20)30(23)43-26-16-47-14-13-41(26)34(45)31-32(25(44)11-12-42(31)43)48-36-22-8-4-3-7-21(22)35(46)49-36/h1-12,17,26,30,36H,13-16H2. The van der Waals surface area contributed by atoms with E-state index in [0.29, 0.717) is 22.3 Å². The highest BCUT2D eigenvalue weighted by Crippen LogP contribution is 2.58. The highest BCUT2D eigenvalue weighted by molar-refractivity contribution is 7.14. The van der Waals surface area contributed by atoms with Gasteiger partial charge in [0, 0.05) is 46.8 Å². The van der Waals surface area contributed by atoms with Crippen molar-refractivity contribution < 1.29 is 37.0 Å². The van der Waals surface area contributed by atoms with Crippen molar-refractivity contribution in [2.24, 2.45) is 0 Å². The fourth-order valence-electron chi connectivity index (χ4n) is 8.11. The monoisotopic (exact) mass is 695 g/mol. The van der Waals surface area contributed by atoms with Gasteiger partial charge in [-0.05, 0) is 39.8 Å². The predicted molar refractivity (Wildman–Crippen MR) is 174 cm³/mol. The topological polar surface area (TPSA) is 90.3 Å². The molecule has 1 amide bonds. The largest absolute Gasteiger partial charge is 0.444 e. The lowest BCUT2D eigenvalue weighted by atomic mass is 9.80. The van der Waals surface area contributed by atoms with Crippen molar-refractivity contribution in [2.75, 3.05) is 24.8 Å². The molecule has 3 unspecified atom stereocenters. The number of esters is 1. The molecule has 0 spiro atoms. The number of fused-ring (bicyclic) bond motifs is 5. The van der Waals surface area contributed by atoms with E-state index in [1.165, 1.54) is 34.3 Å². The van der Waals surface area contributed by atoms with Crippen LogP contribution in [-0.4, -0.2) is 47.4 Å². The third kappa shape index (κ3) is 3.89. The number of cyclic esters (lactones) is 1. The van der Waals surface area contributed by atoms with E-state index in [4.69, 9.17) is 14.2 Å². The summed E-state index contributed by atoms with van der Waals surface area (Å²) in [4.78, 5) is 43.0. The Morgan fingerprint density at radius 2 is 1.68 bits per heavy atom. The Balaban J connectivity index is 1.24. The maximum atomic E-state index is 15.9. The number of ether oxygens (including phenoxy) is 3. The number of halogens is 3. The number of rotatable bonds is 3. The second kappa shape index (κ2) is 10.3. The maximum Gasteiger partial charge on any atom is 0.342 e. The molecule has 0 bridgehead atoms. The molecule has 250 valence electrons. The third-order valence-corrected chi connectivity index (χ3v) is 11.2. The van der Waals surface area contributed by atoms with Gasteiger partial charge in [0.1, 0.15) is 12.0 Å². The zero-order valence-electron chi connectivity index (χ0n) is 25.9. The third-order valence-electron chi connectivity index (χ3n) is 10.2. The lowest BCUT2D eigenvalue weighted by Gasteiger charge is -2.51. The van der Waals surface area contributed by atoms with E-state index in [1.54, 1.807) is 34.5 Å². The van der Waals surface area contributed by atoms with E-state index in [0.717, 1.165) is 22.1 Å². The van der Waals surface area contributed by atoms with Crippen LogP contribution in [-0.2, 0) is 21.8 Å². The summed E-state index contributed by atoms with van der Waals surface area (Å²) in [5, 5.41) is 3.55. The number of hydrogen-bond acceptors (Lipinski definition) is 8. The molecule has 50 heavy (non-hydrogen) atoms. The van der Waals surface area contributed by atoms with Crippen molar-refractivity contribution >= 4 is 23.2 Å². The Hall–Kier alpha value is -5.40. The summed E-state index contributed by atoms with van der Waals surface area (Å²) in [5.74, 6) is -5.95. The van der Waals surface area contributed by atoms with Crippen molar-refractivity contribution in [3.05, 3.63) is 133 Å². The van der Waals surface area contributed by atoms with Crippen LogP contribution < -0.4 is 15.2 Å². The molecule has 2 aliphatic carbocycles. The number of pyridine rings is 1. The predicted octanol–water partition coefficient (Wildman–Crippen LogP) is 6.13. The van der Waals surface area contributed by atoms with E-state index in [1.807, 2.05) is 29.3 Å². The van der Waals surface area contributed by atoms with Crippen molar-refractivity contribution in [2.45, 2.75) is 30.8 Å². The van der Waals surface area contributed by atoms with Crippen LogP contribution in [0.25, 0.3) is 21.6 Å². The van der Waals surface area contributed by atoms with Gasteiger partial charge in [-0.2, -0.15) is 0 Å². The summed E-state index contributed by atoms with van der Waals surface area (Å²) in [5.41, 5.74) is 2.35. The minimum absolute atomic E-state index is 0.0619. The van der Waals surface area contributed by atoms with Gasteiger partial charge in [0.15, 0.2) is 5.69 Å². The smallest absolute Gasteiger partial charge is 0.342 e. The van der Waals surface area contributed by atoms with Gasteiger partial charge in [0.2, 0.25) is 11.2 Å². The number of morpholine rings is 1. The summed E-state index contributed by atoms with van der Waals surface area (Å²) in [6, 6.07) is 17.1. The molecular weight excluding hydrogens is 671 g/mol. The van der Waals surface area contributed by atoms with Gasteiger partial charge in [-0.3, -0.25) is 19.3 Å². The van der Waals surface area contributed by atoms with Crippen LogP contribution in [0.2, 0.25) is 0 Å². The molecule has 3 aliphatic heterocycles. The number of thiophene rings is 1. The highest BCUT2D eigenvalue weighted by Gasteiger charge is 2.51. The van der Waals surface area contributed by atoms with Crippen LogP contribution in [0.1, 0.15) is 61.0 Å². The minimum Gasteiger partial charge on any atom is -0.444 e. The lowest BCUT2D eigenvalue weighted by Crippen LogP contribution is -2.66. The SMILES string of the molecule is O=C1OC(Oc2c3n(ccc2=O)N(C2c4ccccc4-c4scc5c4-c4c2ccc(F)c4C(F)(F)C5)C2COCCN2C3=O)c2ccccc21. The summed E-state index contributed by atoms with van der Waals surface area (Å²) in [6.45, 7) is 0.443. The molecule has 1 fully saturated rings. The molecule has 3 atom stereocenters. The minimum atomic E-state index is -3.47. The van der Waals surface area contributed by atoms with E-state index in [9.17, 15) is 14.4 Å². The number of aromatic nitrogens is 1. The van der Waals surface area contributed by atoms with Crippen LogP contribution >= 0.6 is 11.3 Å². The molecule has 0 saturated carbocycles. The first-order valence-corrected chi connectivity index (χ1v) is 16.9. The van der Waals surface area contributed by atoms with Crippen LogP contribution in [0.5, 0.6) is 5.75 Å². The lowest BCUT2D eigenvalue weighted by molar-refractivity contribution is -0.0417. The molecule has 0 radical (unpaired) electrons. The van der Waals surface area contributed by atoms with Crippen molar-refractivity contribution in [1.29, 1.82) is 0 Å². The molecule has 13 heteroatoms. The van der Waals surface area contributed by atoms with Crippen molar-refractivity contribution in [1.82, 2.24) is 9.58 Å². The second-order valence-corrected chi connectivity index (χ2v) is 13.7. The fraction of sp³-hybridized carbons (Fsp3) is 0.216. The molecule has 2 aromatic heterocycles. The number of alkyl halides is 2. The molecule has 5 heterocycles. The van der Waals surface area contributed by atoms with E-state index in [2.05, 4.69) is 0 Å². The summed E-state index contributed by atoms with van der Waals surface area (Å²) >= 11 is 1.34. The van der Waals surface area contributed by atoms with Gasteiger partial charge < -0.3 is 19.1 Å². The Labute approximate surface area is 285 Å². The van der Waals surface area contributed by atoms with Crippen molar-refractivity contribution in [3.8, 4) is 27.3 Å². The Morgan fingerprint density at radius 1 is 0.900 bits per heavy atom. The van der Waals surface area contributed by atoms with E-state index < -0.39 is 59.5 Å². The molecule has 9 nitrogen and oxygen atoms in total. The Morgan fingerprint density at radius 3 is 2.52 bits per heavy atom. The van der Waals surface area contributed by atoms with Crippen LogP contribution in [0.15, 0.2) is 83.1 Å². The number of benzene rings is 3. The van der Waals surface area contributed by atoms with Crippen LogP contribution in [0.4, 0.5) is 13.2 Å². The molecule has 5 aliphatic rings. The van der Waals surface area contributed by atoms with Gasteiger partial charge in [-0.25, -0.2) is 18.0 Å².